The van der Waals surface area contributed by atoms with Crippen LogP contribution in [0.4, 0.5) is 5.69 Å². The van der Waals surface area contributed by atoms with Crippen molar-refractivity contribution in [3.05, 3.63) is 65.7 Å². The van der Waals surface area contributed by atoms with Crippen molar-refractivity contribution < 1.29 is 4.74 Å². The number of nitrogens with two attached hydrogens (primary N) is 1. The number of fused-ring (bicyclic) bond motifs is 3. The van der Waals surface area contributed by atoms with E-state index in [1.165, 1.54) is 0 Å². The van der Waals surface area contributed by atoms with Gasteiger partial charge >= 0.3 is 0 Å². The summed E-state index contributed by atoms with van der Waals surface area (Å²) >= 11 is 0. The van der Waals surface area contributed by atoms with Gasteiger partial charge in [-0.25, -0.2) is 4.99 Å². The molecule has 20 heavy (non-hydrogen) atoms. The lowest BCUT2D eigenvalue weighted by Gasteiger charge is -2.41. The molecule has 0 spiro atoms. The molecule has 0 bridgehead atoms. The SMILES string of the molecule is NC1=Nc2ccccc2C2(c3ccccc3)OCCN12. The molecule has 1 saturated heterocycles. The Bertz CT molecular complexity index is 683. The molecular weight excluding hydrogens is 250 g/mol. The maximum Gasteiger partial charge on any atom is 0.199 e. The van der Waals surface area contributed by atoms with Crippen LogP contribution in [0.1, 0.15) is 11.1 Å². The number of aliphatic imine (C=N–C) groups is 1. The zero-order valence-corrected chi connectivity index (χ0v) is 11.0. The van der Waals surface area contributed by atoms with Crippen LogP contribution in [0.25, 0.3) is 0 Å². The molecule has 100 valence electrons. The minimum atomic E-state index is -0.635. The van der Waals surface area contributed by atoms with Gasteiger partial charge in [0.05, 0.1) is 12.3 Å². The van der Waals surface area contributed by atoms with Crippen molar-refractivity contribution in [2.45, 2.75) is 5.72 Å². The first-order valence-corrected chi connectivity index (χ1v) is 6.73. The van der Waals surface area contributed by atoms with Crippen LogP contribution in [0.3, 0.4) is 0 Å². The molecule has 0 radical (unpaired) electrons. The van der Waals surface area contributed by atoms with Gasteiger partial charge in [-0.05, 0) is 6.07 Å². The molecule has 0 saturated carbocycles. The lowest BCUT2D eigenvalue weighted by atomic mass is 9.91. The molecule has 2 N–H and O–H groups in total. The highest BCUT2D eigenvalue weighted by Crippen LogP contribution is 2.46. The fourth-order valence-electron chi connectivity index (χ4n) is 3.12. The monoisotopic (exact) mass is 265 g/mol. The summed E-state index contributed by atoms with van der Waals surface area (Å²) in [5.41, 5.74) is 8.54. The third-order valence-corrected chi connectivity index (χ3v) is 3.95. The van der Waals surface area contributed by atoms with E-state index in [0.717, 1.165) is 23.4 Å². The zero-order chi connectivity index (χ0) is 13.6. The maximum atomic E-state index is 6.19. The van der Waals surface area contributed by atoms with E-state index in [-0.39, 0.29) is 0 Å². The molecule has 2 aromatic carbocycles. The lowest BCUT2D eigenvalue weighted by Crippen LogP contribution is -2.51. The third-order valence-electron chi connectivity index (χ3n) is 3.95. The van der Waals surface area contributed by atoms with E-state index in [0.29, 0.717) is 12.6 Å². The van der Waals surface area contributed by atoms with Gasteiger partial charge in [0.1, 0.15) is 0 Å². The highest BCUT2D eigenvalue weighted by molar-refractivity contribution is 5.86. The van der Waals surface area contributed by atoms with Crippen LogP contribution < -0.4 is 5.73 Å². The van der Waals surface area contributed by atoms with Gasteiger partial charge in [0.25, 0.3) is 0 Å². The second-order valence-corrected chi connectivity index (χ2v) is 5.00. The lowest BCUT2D eigenvalue weighted by molar-refractivity contribution is -0.0245. The summed E-state index contributed by atoms with van der Waals surface area (Å²) < 4.78 is 6.19. The Morgan fingerprint density at radius 3 is 2.65 bits per heavy atom. The number of hydrogen-bond acceptors (Lipinski definition) is 4. The molecule has 4 nitrogen and oxygen atoms in total. The maximum absolute atomic E-state index is 6.19. The summed E-state index contributed by atoms with van der Waals surface area (Å²) in [6.45, 7) is 1.39. The van der Waals surface area contributed by atoms with Crippen molar-refractivity contribution >= 4 is 11.6 Å². The Labute approximate surface area is 117 Å². The molecule has 0 aromatic heterocycles. The summed E-state index contributed by atoms with van der Waals surface area (Å²) in [4.78, 5) is 6.55. The minimum Gasteiger partial charge on any atom is -0.369 e. The van der Waals surface area contributed by atoms with Crippen molar-refractivity contribution in [2.24, 2.45) is 10.7 Å². The van der Waals surface area contributed by atoms with Crippen LogP contribution in [-0.2, 0) is 10.5 Å². The first-order valence-electron chi connectivity index (χ1n) is 6.73. The number of guanidine groups is 1. The molecule has 2 heterocycles. The molecule has 1 fully saturated rings. The fraction of sp³-hybridized carbons (Fsp3) is 0.188. The van der Waals surface area contributed by atoms with E-state index in [2.05, 4.69) is 23.2 Å². The second-order valence-electron chi connectivity index (χ2n) is 5.00. The average Bonchev–Trinajstić information content (AvgIpc) is 2.95. The largest absolute Gasteiger partial charge is 0.369 e. The molecule has 2 aromatic rings. The van der Waals surface area contributed by atoms with E-state index in [4.69, 9.17) is 10.5 Å². The Morgan fingerprint density at radius 2 is 1.80 bits per heavy atom. The third kappa shape index (κ3) is 1.37. The molecule has 0 aliphatic carbocycles. The van der Waals surface area contributed by atoms with Gasteiger partial charge in [-0.3, -0.25) is 0 Å². The number of rotatable bonds is 1. The Morgan fingerprint density at radius 1 is 1.05 bits per heavy atom. The van der Waals surface area contributed by atoms with Crippen LogP contribution in [0, 0.1) is 0 Å². The van der Waals surface area contributed by atoms with E-state index in [9.17, 15) is 0 Å². The Hall–Kier alpha value is -2.33. The normalized spacial score (nSPS) is 24.0. The van der Waals surface area contributed by atoms with Crippen molar-refractivity contribution in [3.63, 3.8) is 0 Å². The van der Waals surface area contributed by atoms with Crippen molar-refractivity contribution in [1.29, 1.82) is 0 Å². The van der Waals surface area contributed by atoms with E-state index in [1.54, 1.807) is 0 Å². The summed E-state index contributed by atoms with van der Waals surface area (Å²) in [6, 6.07) is 18.2. The van der Waals surface area contributed by atoms with E-state index in [1.807, 2.05) is 41.3 Å². The number of ether oxygens (including phenoxy) is 1. The average molecular weight is 265 g/mol. The van der Waals surface area contributed by atoms with Crippen molar-refractivity contribution in [3.8, 4) is 0 Å². The van der Waals surface area contributed by atoms with Gasteiger partial charge in [0.2, 0.25) is 0 Å². The van der Waals surface area contributed by atoms with Gasteiger partial charge < -0.3 is 15.4 Å². The highest BCUT2D eigenvalue weighted by Gasteiger charge is 2.50. The van der Waals surface area contributed by atoms with Crippen molar-refractivity contribution in [2.75, 3.05) is 13.2 Å². The van der Waals surface area contributed by atoms with Crippen LogP contribution in [0.15, 0.2) is 59.6 Å². The zero-order valence-electron chi connectivity index (χ0n) is 11.0. The fourth-order valence-corrected chi connectivity index (χ4v) is 3.12. The number of hydrogen-bond donors (Lipinski definition) is 1. The minimum absolute atomic E-state index is 0.519. The van der Waals surface area contributed by atoms with Gasteiger partial charge in [-0.1, -0.05) is 48.5 Å². The smallest absolute Gasteiger partial charge is 0.199 e. The molecular formula is C16H15N3O. The highest BCUT2D eigenvalue weighted by atomic mass is 16.5. The van der Waals surface area contributed by atoms with E-state index >= 15 is 0 Å². The van der Waals surface area contributed by atoms with Gasteiger partial charge in [0.15, 0.2) is 11.7 Å². The van der Waals surface area contributed by atoms with Crippen LogP contribution in [0.2, 0.25) is 0 Å². The van der Waals surface area contributed by atoms with Gasteiger partial charge in [-0.2, -0.15) is 0 Å². The number of nitrogens with zero attached hydrogens (tertiary/aromatic N) is 2. The van der Waals surface area contributed by atoms with Crippen LogP contribution in [0.5, 0.6) is 0 Å². The van der Waals surface area contributed by atoms with E-state index < -0.39 is 5.72 Å². The summed E-state index contributed by atoms with van der Waals surface area (Å²) in [6.07, 6.45) is 0. The first-order chi connectivity index (χ1) is 9.82. The first kappa shape index (κ1) is 11.5. The summed E-state index contributed by atoms with van der Waals surface area (Å²) in [5.74, 6) is 0.519. The summed E-state index contributed by atoms with van der Waals surface area (Å²) in [5, 5.41) is 0. The molecule has 4 rings (SSSR count). The Balaban J connectivity index is 2.03. The van der Waals surface area contributed by atoms with Crippen LogP contribution >= 0.6 is 0 Å². The predicted octanol–water partition coefficient (Wildman–Crippen LogP) is 2.18. The molecule has 0 amide bonds. The second kappa shape index (κ2) is 4.08. The summed E-state index contributed by atoms with van der Waals surface area (Å²) in [7, 11) is 0. The molecule has 1 unspecified atom stereocenters. The number of para-hydroxylation sites is 1. The molecule has 2 aliphatic heterocycles. The topological polar surface area (TPSA) is 50.9 Å². The standard InChI is InChI=1S/C16H15N3O/c17-15-18-14-9-5-4-8-13(14)16(19(15)10-11-20-16)12-6-2-1-3-7-12/h1-9H,10-11H2,(H2,17,18). The Kier molecular flexibility index (Phi) is 2.35. The molecule has 4 heteroatoms. The van der Waals surface area contributed by atoms with Gasteiger partial charge in [0, 0.05) is 17.7 Å². The quantitative estimate of drug-likeness (QED) is 0.859. The molecule has 1 atom stereocenters. The van der Waals surface area contributed by atoms with Crippen molar-refractivity contribution in [1.82, 2.24) is 4.90 Å². The predicted molar refractivity (Wildman–Crippen MR) is 77.6 cm³/mol. The number of benzene rings is 2. The van der Waals surface area contributed by atoms with Crippen LogP contribution in [-0.4, -0.2) is 24.0 Å². The van der Waals surface area contributed by atoms with Gasteiger partial charge in [-0.15, -0.1) is 0 Å². The molecule has 2 aliphatic rings.